The van der Waals surface area contributed by atoms with Crippen molar-refractivity contribution < 1.29 is 31.2 Å². The van der Waals surface area contributed by atoms with Gasteiger partial charge in [0.1, 0.15) is 5.84 Å². The molecular weight excluding hydrogens is 472 g/mol. The summed E-state index contributed by atoms with van der Waals surface area (Å²) in [6.07, 6.45) is 0.308. The van der Waals surface area contributed by atoms with Crippen molar-refractivity contribution in [3.63, 3.8) is 0 Å². The monoisotopic (exact) mass is 492 g/mol. The van der Waals surface area contributed by atoms with Gasteiger partial charge in [-0.15, -0.1) is 0 Å². The number of primary sulfonamides is 1. The van der Waals surface area contributed by atoms with E-state index in [0.717, 1.165) is 0 Å². The number of carbonyl (C=O) groups excluding carboxylic acids is 2. The number of hydrogen-bond donors (Lipinski definition) is 2. The van der Waals surface area contributed by atoms with E-state index in [4.69, 9.17) is 9.88 Å². The SMILES string of the molecule is NS(=O)(=O)c1ccc2c(c1)CCN2C(=O)COC(=O)CCN=C1NS(=O)(=O)c2ccccc21. The molecule has 0 radical (unpaired) electrons. The summed E-state index contributed by atoms with van der Waals surface area (Å²) in [4.78, 5) is 30.2. The molecule has 0 atom stereocenters. The lowest BCUT2D eigenvalue weighted by Gasteiger charge is -2.17. The fourth-order valence-electron chi connectivity index (χ4n) is 3.62. The van der Waals surface area contributed by atoms with Crippen molar-refractivity contribution in [3.05, 3.63) is 53.6 Å². The Balaban J connectivity index is 1.31. The predicted molar refractivity (Wildman–Crippen MR) is 118 cm³/mol. The number of nitrogens with one attached hydrogen (secondary N) is 1. The maximum absolute atomic E-state index is 12.5. The van der Waals surface area contributed by atoms with Crippen LogP contribution in [-0.2, 0) is 40.8 Å². The largest absolute Gasteiger partial charge is 0.455 e. The number of anilines is 1. The van der Waals surface area contributed by atoms with E-state index in [1.54, 1.807) is 18.2 Å². The van der Waals surface area contributed by atoms with Gasteiger partial charge in [-0.2, -0.15) is 0 Å². The summed E-state index contributed by atoms with van der Waals surface area (Å²) in [7, 11) is -7.50. The summed E-state index contributed by atoms with van der Waals surface area (Å²) in [5.41, 5.74) is 1.64. The second kappa shape index (κ2) is 8.57. The van der Waals surface area contributed by atoms with Crippen LogP contribution >= 0.6 is 0 Å². The van der Waals surface area contributed by atoms with Crippen LogP contribution in [0.15, 0.2) is 57.2 Å². The number of benzene rings is 2. The molecule has 2 aromatic rings. The summed E-state index contributed by atoms with van der Waals surface area (Å²) in [5.74, 6) is -0.956. The number of carbonyl (C=O) groups is 2. The van der Waals surface area contributed by atoms with Crippen LogP contribution in [0.5, 0.6) is 0 Å². The molecule has 33 heavy (non-hydrogen) atoms. The van der Waals surface area contributed by atoms with Gasteiger partial charge in [-0.25, -0.2) is 22.0 Å². The number of amides is 1. The minimum Gasteiger partial charge on any atom is -0.455 e. The van der Waals surface area contributed by atoms with Crippen molar-refractivity contribution in [2.24, 2.45) is 10.1 Å². The zero-order chi connectivity index (χ0) is 23.8. The van der Waals surface area contributed by atoms with Crippen LogP contribution in [0.4, 0.5) is 5.69 Å². The van der Waals surface area contributed by atoms with Gasteiger partial charge in [0, 0.05) is 17.8 Å². The van der Waals surface area contributed by atoms with Crippen LogP contribution in [0.25, 0.3) is 0 Å². The second-order valence-corrected chi connectivity index (χ2v) is 10.6. The standard InChI is InChI=1S/C20H20N4O7S2/c21-32(27,28)14-5-6-16-13(11-14)8-10-24(16)18(25)12-31-19(26)7-9-22-20-15-3-1-2-4-17(15)33(29,30)23-20/h1-6,11H,7-10,12H2,(H,22,23)(H2,21,27,28). The molecule has 2 aromatic carbocycles. The zero-order valence-corrected chi connectivity index (χ0v) is 18.9. The van der Waals surface area contributed by atoms with Gasteiger partial charge >= 0.3 is 5.97 Å². The van der Waals surface area contributed by atoms with Gasteiger partial charge < -0.3 is 9.64 Å². The lowest BCUT2D eigenvalue weighted by molar-refractivity contribution is -0.147. The Morgan fingerprint density at radius 1 is 1.18 bits per heavy atom. The van der Waals surface area contributed by atoms with Gasteiger partial charge in [-0.1, -0.05) is 12.1 Å². The quantitative estimate of drug-likeness (QED) is 0.531. The third-order valence-corrected chi connectivity index (χ3v) is 7.49. The summed E-state index contributed by atoms with van der Waals surface area (Å²) < 4.78 is 54.5. The Morgan fingerprint density at radius 3 is 2.70 bits per heavy atom. The van der Waals surface area contributed by atoms with Crippen molar-refractivity contribution in [2.45, 2.75) is 22.6 Å². The van der Waals surface area contributed by atoms with Crippen LogP contribution in [0, 0.1) is 0 Å². The molecule has 174 valence electrons. The Hall–Kier alpha value is -3.29. The Labute approximate surface area is 190 Å². The van der Waals surface area contributed by atoms with E-state index in [2.05, 4.69) is 9.71 Å². The molecule has 0 fully saturated rings. The highest BCUT2D eigenvalue weighted by atomic mass is 32.2. The Morgan fingerprint density at radius 2 is 1.94 bits per heavy atom. The van der Waals surface area contributed by atoms with Gasteiger partial charge in [0.05, 0.1) is 22.8 Å². The average molecular weight is 493 g/mol. The normalized spacial score (nSPS) is 17.4. The van der Waals surface area contributed by atoms with Crippen molar-refractivity contribution in [1.82, 2.24) is 4.72 Å². The number of fused-ring (bicyclic) bond motifs is 2. The maximum atomic E-state index is 12.5. The molecule has 0 unspecified atom stereocenters. The molecule has 13 heteroatoms. The summed E-state index contributed by atoms with van der Waals surface area (Å²) >= 11 is 0. The van der Waals surface area contributed by atoms with E-state index < -0.39 is 38.5 Å². The molecule has 11 nitrogen and oxygen atoms in total. The van der Waals surface area contributed by atoms with Crippen molar-refractivity contribution in [1.29, 1.82) is 0 Å². The molecular formula is C20H20N4O7S2. The van der Waals surface area contributed by atoms with E-state index in [0.29, 0.717) is 29.8 Å². The summed E-state index contributed by atoms with van der Waals surface area (Å²) in [6, 6.07) is 10.6. The van der Waals surface area contributed by atoms with Crippen LogP contribution in [0.1, 0.15) is 17.5 Å². The first-order valence-electron chi connectivity index (χ1n) is 9.85. The number of rotatable bonds is 6. The average Bonchev–Trinajstić information content (AvgIpc) is 3.30. The minimum atomic E-state index is -3.84. The van der Waals surface area contributed by atoms with Crippen molar-refractivity contribution in [3.8, 4) is 0 Å². The molecule has 2 aliphatic heterocycles. The molecule has 0 bridgehead atoms. The van der Waals surface area contributed by atoms with Crippen LogP contribution in [-0.4, -0.2) is 54.2 Å². The molecule has 0 spiro atoms. The summed E-state index contributed by atoms with van der Waals surface area (Å²) in [5, 5.41) is 5.13. The zero-order valence-electron chi connectivity index (χ0n) is 17.2. The van der Waals surface area contributed by atoms with Crippen LogP contribution in [0.3, 0.4) is 0 Å². The first-order valence-corrected chi connectivity index (χ1v) is 12.9. The topological polar surface area (TPSA) is 165 Å². The number of sulfonamides is 2. The number of esters is 1. The highest BCUT2D eigenvalue weighted by Gasteiger charge is 2.30. The number of nitrogens with two attached hydrogens (primary N) is 1. The van der Waals surface area contributed by atoms with Crippen molar-refractivity contribution in [2.75, 3.05) is 24.6 Å². The first kappa shape index (κ1) is 22.9. The van der Waals surface area contributed by atoms with Crippen molar-refractivity contribution >= 4 is 43.4 Å². The van der Waals surface area contributed by atoms with E-state index in [-0.39, 0.29) is 28.6 Å². The third-order valence-electron chi connectivity index (χ3n) is 5.18. The highest BCUT2D eigenvalue weighted by Crippen LogP contribution is 2.30. The predicted octanol–water partition coefficient (Wildman–Crippen LogP) is -0.105. The Kier molecular flexibility index (Phi) is 5.95. The smallest absolute Gasteiger partial charge is 0.308 e. The highest BCUT2D eigenvalue weighted by molar-refractivity contribution is 7.90. The number of ether oxygens (including phenoxy) is 1. The minimum absolute atomic E-state index is 0.0257. The molecule has 1 amide bonds. The van der Waals surface area contributed by atoms with E-state index in [9.17, 15) is 26.4 Å². The number of hydrogen-bond acceptors (Lipinski definition) is 8. The van der Waals surface area contributed by atoms with Gasteiger partial charge in [0.15, 0.2) is 6.61 Å². The van der Waals surface area contributed by atoms with E-state index in [1.165, 1.54) is 29.2 Å². The molecule has 0 saturated carbocycles. The van der Waals surface area contributed by atoms with Gasteiger partial charge in [-0.05, 0) is 42.3 Å². The van der Waals surface area contributed by atoms with E-state index in [1.807, 2.05) is 0 Å². The number of aliphatic imine (C=N–C) groups is 1. The fourth-order valence-corrected chi connectivity index (χ4v) is 5.43. The first-order chi connectivity index (χ1) is 15.6. The van der Waals surface area contributed by atoms with Gasteiger partial charge in [0.2, 0.25) is 10.0 Å². The van der Waals surface area contributed by atoms with Gasteiger partial charge in [-0.3, -0.25) is 19.3 Å². The van der Waals surface area contributed by atoms with E-state index >= 15 is 0 Å². The third kappa shape index (κ3) is 4.74. The molecule has 0 aromatic heterocycles. The molecule has 4 rings (SSSR count). The molecule has 3 N–H and O–H groups in total. The lowest BCUT2D eigenvalue weighted by atomic mass is 10.2. The lowest BCUT2D eigenvalue weighted by Crippen LogP contribution is -2.33. The summed E-state index contributed by atoms with van der Waals surface area (Å²) in [6.45, 7) is -0.184. The van der Waals surface area contributed by atoms with Gasteiger partial charge in [0.25, 0.3) is 15.9 Å². The molecule has 0 aliphatic carbocycles. The second-order valence-electron chi connectivity index (χ2n) is 7.37. The van der Waals surface area contributed by atoms with Crippen LogP contribution < -0.4 is 14.8 Å². The number of nitrogens with zero attached hydrogens (tertiary/aromatic N) is 2. The maximum Gasteiger partial charge on any atom is 0.308 e. The Bertz CT molecular complexity index is 1380. The molecule has 0 saturated heterocycles. The van der Waals surface area contributed by atoms with Crippen LogP contribution in [0.2, 0.25) is 0 Å². The number of amidine groups is 1. The fraction of sp³-hybridized carbons (Fsp3) is 0.250. The molecule has 2 heterocycles. The molecule has 2 aliphatic rings.